The van der Waals surface area contributed by atoms with E-state index in [9.17, 15) is 18.0 Å². The van der Waals surface area contributed by atoms with Crippen molar-refractivity contribution in [1.82, 2.24) is 0 Å². The third kappa shape index (κ3) is 3.76. The number of halogens is 3. The first-order valence-corrected chi connectivity index (χ1v) is 8.52. The molecule has 3 rings (SSSR count). The molecule has 1 N–H and O–H groups in total. The number of ether oxygens (including phenoxy) is 1. The van der Waals surface area contributed by atoms with Crippen LogP contribution in [0.15, 0.2) is 12.1 Å². The second-order valence-electron chi connectivity index (χ2n) is 7.06. The lowest BCUT2D eigenvalue weighted by Gasteiger charge is -2.30. The number of nitrogens with zero attached hydrogens (tertiary/aromatic N) is 1. The van der Waals surface area contributed by atoms with E-state index in [-0.39, 0.29) is 12.8 Å². The van der Waals surface area contributed by atoms with Crippen LogP contribution in [0.5, 0.6) is 0 Å². The highest BCUT2D eigenvalue weighted by Crippen LogP contribution is 2.60. The van der Waals surface area contributed by atoms with Gasteiger partial charge in [0.2, 0.25) is 5.91 Å². The van der Waals surface area contributed by atoms with Crippen LogP contribution in [-0.4, -0.2) is 38.4 Å². The number of carbonyl (C=O) groups excluding carboxylic acids is 1. The van der Waals surface area contributed by atoms with Gasteiger partial charge in [0.05, 0.1) is 18.6 Å². The van der Waals surface area contributed by atoms with Crippen molar-refractivity contribution < 1.29 is 22.7 Å². The zero-order chi connectivity index (χ0) is 18.2. The molecule has 138 valence electrons. The predicted octanol–water partition coefficient (Wildman–Crippen LogP) is 3.81. The molecule has 0 radical (unpaired) electrons. The summed E-state index contributed by atoms with van der Waals surface area (Å²) in [6.07, 6.45) is -4.73. The summed E-state index contributed by atoms with van der Waals surface area (Å²) in [5, 5.41) is 2.69. The van der Waals surface area contributed by atoms with E-state index in [2.05, 4.69) is 10.2 Å². The standard InChI is InChI=1S/C18H23F3N2O2/c1-12-9-14(23-5-7-25-8-6-23)10-13(2)16(12)22-15(24)11-17(3-4-17)18(19,20)21/h9-10H,3-8,11H2,1-2H3,(H,22,24). The van der Waals surface area contributed by atoms with E-state index < -0.39 is 23.9 Å². The lowest BCUT2D eigenvalue weighted by Crippen LogP contribution is -2.36. The summed E-state index contributed by atoms with van der Waals surface area (Å²) < 4.78 is 44.4. The molecule has 1 amide bonds. The molecule has 25 heavy (non-hydrogen) atoms. The van der Waals surface area contributed by atoms with Crippen molar-refractivity contribution in [2.24, 2.45) is 5.41 Å². The van der Waals surface area contributed by atoms with E-state index in [1.165, 1.54) is 0 Å². The molecule has 1 saturated heterocycles. The van der Waals surface area contributed by atoms with Crippen molar-refractivity contribution in [1.29, 1.82) is 0 Å². The highest BCUT2D eigenvalue weighted by Gasteiger charge is 2.63. The monoisotopic (exact) mass is 356 g/mol. The molecule has 0 atom stereocenters. The largest absolute Gasteiger partial charge is 0.395 e. The molecule has 1 saturated carbocycles. The molecular formula is C18H23F3N2O2. The number of carbonyl (C=O) groups is 1. The summed E-state index contributed by atoms with van der Waals surface area (Å²) >= 11 is 0. The van der Waals surface area contributed by atoms with Crippen molar-refractivity contribution in [2.45, 2.75) is 39.3 Å². The molecule has 4 nitrogen and oxygen atoms in total. The Bertz CT molecular complexity index is 640. The maximum Gasteiger partial charge on any atom is 0.395 e. The first-order valence-electron chi connectivity index (χ1n) is 8.52. The zero-order valence-electron chi connectivity index (χ0n) is 14.5. The van der Waals surface area contributed by atoms with Gasteiger partial charge < -0.3 is 15.0 Å². The van der Waals surface area contributed by atoms with Gasteiger partial charge in [-0.1, -0.05) is 0 Å². The van der Waals surface area contributed by atoms with E-state index in [1.807, 2.05) is 26.0 Å². The molecule has 0 spiro atoms. The van der Waals surface area contributed by atoms with Gasteiger partial charge in [-0.2, -0.15) is 13.2 Å². The summed E-state index contributed by atoms with van der Waals surface area (Å²) in [4.78, 5) is 14.4. The Morgan fingerprint density at radius 2 is 1.76 bits per heavy atom. The number of amides is 1. The van der Waals surface area contributed by atoms with Crippen molar-refractivity contribution in [3.63, 3.8) is 0 Å². The van der Waals surface area contributed by atoms with Crippen LogP contribution in [0.2, 0.25) is 0 Å². The van der Waals surface area contributed by atoms with Gasteiger partial charge in [0.1, 0.15) is 0 Å². The summed E-state index contributed by atoms with van der Waals surface area (Å²) in [7, 11) is 0. The fourth-order valence-electron chi connectivity index (χ4n) is 3.34. The highest BCUT2D eigenvalue weighted by molar-refractivity contribution is 5.93. The van der Waals surface area contributed by atoms with Gasteiger partial charge >= 0.3 is 6.18 Å². The van der Waals surface area contributed by atoms with Crippen molar-refractivity contribution in [2.75, 3.05) is 36.5 Å². The van der Waals surface area contributed by atoms with Crippen molar-refractivity contribution in [3.05, 3.63) is 23.3 Å². The smallest absolute Gasteiger partial charge is 0.378 e. The maximum atomic E-state index is 13.0. The number of hydrogen-bond acceptors (Lipinski definition) is 3. The molecule has 0 bridgehead atoms. The molecule has 7 heteroatoms. The minimum atomic E-state index is -4.31. The molecule has 1 heterocycles. The topological polar surface area (TPSA) is 41.6 Å². The molecule has 1 aliphatic carbocycles. The lowest BCUT2D eigenvalue weighted by atomic mass is 10.0. The number of anilines is 2. The van der Waals surface area contributed by atoms with E-state index in [0.717, 1.165) is 29.9 Å². The normalized spacial score (nSPS) is 19.6. The Balaban J connectivity index is 1.71. The molecule has 1 aromatic rings. The molecule has 1 aromatic carbocycles. The average molecular weight is 356 g/mol. The Labute approximate surface area is 145 Å². The molecule has 1 aliphatic heterocycles. The minimum Gasteiger partial charge on any atom is -0.378 e. The third-order valence-electron chi connectivity index (χ3n) is 5.11. The molecule has 2 fully saturated rings. The van der Waals surface area contributed by atoms with Gasteiger partial charge in [-0.15, -0.1) is 0 Å². The predicted molar refractivity (Wildman–Crippen MR) is 89.9 cm³/mol. The van der Waals surface area contributed by atoms with Crippen LogP contribution in [0.25, 0.3) is 0 Å². The first kappa shape index (κ1) is 18.0. The fraction of sp³-hybridized carbons (Fsp3) is 0.611. The maximum absolute atomic E-state index is 13.0. The zero-order valence-corrected chi connectivity index (χ0v) is 14.5. The molecule has 0 aromatic heterocycles. The number of nitrogens with one attached hydrogen (secondary N) is 1. The van der Waals surface area contributed by atoms with Crippen LogP contribution in [0, 0.1) is 19.3 Å². The summed E-state index contributed by atoms with van der Waals surface area (Å²) in [6, 6.07) is 3.93. The van der Waals surface area contributed by atoms with Crippen LogP contribution in [0.4, 0.5) is 24.5 Å². The van der Waals surface area contributed by atoms with Crippen LogP contribution >= 0.6 is 0 Å². The third-order valence-corrected chi connectivity index (χ3v) is 5.11. The Morgan fingerprint density at radius 1 is 1.20 bits per heavy atom. The van der Waals surface area contributed by atoms with Crippen molar-refractivity contribution >= 4 is 17.3 Å². The average Bonchev–Trinajstić information content (AvgIpc) is 3.32. The number of hydrogen-bond donors (Lipinski definition) is 1. The highest BCUT2D eigenvalue weighted by atomic mass is 19.4. The first-order chi connectivity index (χ1) is 11.7. The van der Waals surface area contributed by atoms with Gasteiger partial charge in [0.25, 0.3) is 0 Å². The van der Waals surface area contributed by atoms with E-state index in [4.69, 9.17) is 4.74 Å². The Hall–Kier alpha value is -1.76. The number of aryl methyl sites for hydroxylation is 2. The van der Waals surface area contributed by atoms with Crippen LogP contribution in [0.3, 0.4) is 0 Å². The number of benzene rings is 1. The number of alkyl halides is 3. The van der Waals surface area contributed by atoms with Crippen LogP contribution in [-0.2, 0) is 9.53 Å². The quantitative estimate of drug-likeness (QED) is 0.892. The Morgan fingerprint density at radius 3 is 2.24 bits per heavy atom. The minimum absolute atomic E-state index is 0.0395. The summed E-state index contributed by atoms with van der Waals surface area (Å²) in [6.45, 7) is 6.69. The summed E-state index contributed by atoms with van der Waals surface area (Å²) in [5.74, 6) is -0.569. The van der Waals surface area contributed by atoms with Gasteiger partial charge in [-0.3, -0.25) is 4.79 Å². The van der Waals surface area contributed by atoms with Crippen LogP contribution in [0.1, 0.15) is 30.4 Å². The van der Waals surface area contributed by atoms with Gasteiger partial charge in [-0.25, -0.2) is 0 Å². The second-order valence-corrected chi connectivity index (χ2v) is 7.06. The molecule has 0 unspecified atom stereocenters. The Kier molecular flexibility index (Phi) is 4.70. The second kappa shape index (κ2) is 6.52. The number of rotatable bonds is 4. The van der Waals surface area contributed by atoms with Gasteiger partial charge in [0.15, 0.2) is 0 Å². The SMILES string of the molecule is Cc1cc(N2CCOCC2)cc(C)c1NC(=O)CC1(C(F)(F)F)CC1. The van der Waals surface area contributed by atoms with E-state index >= 15 is 0 Å². The van der Waals surface area contributed by atoms with Crippen LogP contribution < -0.4 is 10.2 Å². The van der Waals surface area contributed by atoms with E-state index in [1.54, 1.807) is 0 Å². The molecular weight excluding hydrogens is 333 g/mol. The number of morpholine rings is 1. The van der Waals surface area contributed by atoms with E-state index in [0.29, 0.717) is 18.9 Å². The van der Waals surface area contributed by atoms with Gasteiger partial charge in [0, 0.05) is 30.9 Å². The fourth-order valence-corrected chi connectivity index (χ4v) is 3.34. The summed E-state index contributed by atoms with van der Waals surface area (Å²) in [5.41, 5.74) is 1.55. The lowest BCUT2D eigenvalue weighted by molar-refractivity contribution is -0.189. The molecule has 2 aliphatic rings. The van der Waals surface area contributed by atoms with Crippen molar-refractivity contribution in [3.8, 4) is 0 Å². The van der Waals surface area contributed by atoms with Gasteiger partial charge in [-0.05, 0) is 49.9 Å².